The molecule has 18 heavy (non-hydrogen) atoms. The number of nitrogens with one attached hydrogen (secondary N) is 1. The molecule has 0 fully saturated rings. The summed E-state index contributed by atoms with van der Waals surface area (Å²) >= 11 is 2.64. The van der Waals surface area contributed by atoms with E-state index in [1.807, 2.05) is 0 Å². The Morgan fingerprint density at radius 1 is 1.56 bits per heavy atom. The second-order valence-electron chi connectivity index (χ2n) is 3.27. The van der Waals surface area contributed by atoms with E-state index in [4.69, 9.17) is 5.73 Å². The van der Waals surface area contributed by atoms with E-state index in [1.165, 1.54) is 35.2 Å². The van der Waals surface area contributed by atoms with Crippen LogP contribution in [-0.4, -0.2) is 21.9 Å². The van der Waals surface area contributed by atoms with Crippen LogP contribution in [0, 0.1) is 5.82 Å². The highest BCUT2D eigenvalue weighted by atomic mass is 32.2. The van der Waals surface area contributed by atoms with Gasteiger partial charge in [-0.1, -0.05) is 23.1 Å². The van der Waals surface area contributed by atoms with Crippen molar-refractivity contribution in [2.75, 3.05) is 16.8 Å². The Balaban J connectivity index is 1.91. The minimum Gasteiger partial charge on any atom is -0.397 e. The average Bonchev–Trinajstić information content (AvgIpc) is 2.83. The van der Waals surface area contributed by atoms with Crippen LogP contribution in [0.2, 0.25) is 0 Å². The number of carbonyl (C=O) groups is 1. The van der Waals surface area contributed by atoms with Crippen LogP contribution in [0.4, 0.5) is 15.8 Å². The van der Waals surface area contributed by atoms with Crippen LogP contribution in [0.3, 0.4) is 0 Å². The molecular weight excluding hydrogens is 275 g/mol. The average molecular weight is 284 g/mol. The van der Waals surface area contributed by atoms with Crippen LogP contribution >= 0.6 is 23.1 Å². The van der Waals surface area contributed by atoms with Gasteiger partial charge in [0, 0.05) is 0 Å². The highest BCUT2D eigenvalue weighted by molar-refractivity contribution is 8.01. The number of hydrogen-bond acceptors (Lipinski definition) is 6. The van der Waals surface area contributed by atoms with Gasteiger partial charge in [0.05, 0.1) is 17.1 Å². The first-order chi connectivity index (χ1) is 8.65. The SMILES string of the molecule is Nc1cc(F)ccc1NC(=O)CSc1nncs1. The van der Waals surface area contributed by atoms with Gasteiger partial charge in [0.2, 0.25) is 5.91 Å². The number of hydrogen-bond donors (Lipinski definition) is 2. The molecule has 0 atom stereocenters. The summed E-state index contributed by atoms with van der Waals surface area (Å²) in [5, 5.41) is 10.1. The number of amides is 1. The lowest BCUT2D eigenvalue weighted by Crippen LogP contribution is -2.15. The zero-order valence-electron chi connectivity index (χ0n) is 9.09. The fraction of sp³-hybridized carbons (Fsp3) is 0.100. The van der Waals surface area contributed by atoms with E-state index in [1.54, 1.807) is 5.51 Å². The summed E-state index contributed by atoms with van der Waals surface area (Å²) in [5.41, 5.74) is 7.77. The van der Waals surface area contributed by atoms with Crippen molar-refractivity contribution in [3.63, 3.8) is 0 Å². The van der Waals surface area contributed by atoms with Crippen LogP contribution in [-0.2, 0) is 4.79 Å². The molecule has 1 heterocycles. The number of benzene rings is 1. The van der Waals surface area contributed by atoms with Gasteiger partial charge >= 0.3 is 0 Å². The zero-order chi connectivity index (χ0) is 13.0. The standard InChI is InChI=1S/C10H9FN4OS2/c11-6-1-2-8(7(12)3-6)14-9(16)4-17-10-15-13-5-18-10/h1-3,5H,4,12H2,(H,14,16). The van der Waals surface area contributed by atoms with Gasteiger partial charge in [0.25, 0.3) is 0 Å². The predicted octanol–water partition coefficient (Wildman–Crippen LogP) is 1.99. The third-order valence-electron chi connectivity index (χ3n) is 1.95. The Labute approximate surface area is 111 Å². The molecule has 2 rings (SSSR count). The summed E-state index contributed by atoms with van der Waals surface area (Å²) in [6.07, 6.45) is 0. The van der Waals surface area contributed by atoms with Gasteiger partial charge in [-0.25, -0.2) is 4.39 Å². The van der Waals surface area contributed by atoms with E-state index in [-0.39, 0.29) is 17.3 Å². The lowest BCUT2D eigenvalue weighted by atomic mass is 10.2. The van der Waals surface area contributed by atoms with E-state index in [0.29, 0.717) is 5.69 Å². The van der Waals surface area contributed by atoms with Gasteiger partial charge in [-0.05, 0) is 18.2 Å². The number of nitrogen functional groups attached to an aromatic ring is 1. The van der Waals surface area contributed by atoms with Crippen LogP contribution in [0.1, 0.15) is 0 Å². The number of rotatable bonds is 4. The lowest BCUT2D eigenvalue weighted by molar-refractivity contribution is -0.113. The molecule has 0 aliphatic rings. The topological polar surface area (TPSA) is 80.9 Å². The minimum atomic E-state index is -0.436. The molecule has 5 nitrogen and oxygen atoms in total. The number of anilines is 2. The van der Waals surface area contributed by atoms with Crippen molar-refractivity contribution in [2.24, 2.45) is 0 Å². The Morgan fingerprint density at radius 2 is 2.39 bits per heavy atom. The van der Waals surface area contributed by atoms with Crippen LogP contribution in [0.15, 0.2) is 28.0 Å². The molecule has 2 aromatic rings. The quantitative estimate of drug-likeness (QED) is 0.663. The maximum absolute atomic E-state index is 12.8. The van der Waals surface area contributed by atoms with Gasteiger partial charge < -0.3 is 11.1 Å². The molecule has 3 N–H and O–H groups in total. The molecule has 0 aliphatic carbocycles. The molecule has 1 aromatic carbocycles. The van der Waals surface area contributed by atoms with Crippen molar-refractivity contribution in [1.82, 2.24) is 10.2 Å². The lowest BCUT2D eigenvalue weighted by Gasteiger charge is -2.07. The maximum Gasteiger partial charge on any atom is 0.234 e. The second kappa shape index (κ2) is 5.78. The summed E-state index contributed by atoms with van der Waals surface area (Å²) in [6, 6.07) is 3.83. The minimum absolute atomic E-state index is 0.198. The van der Waals surface area contributed by atoms with Crippen molar-refractivity contribution < 1.29 is 9.18 Å². The van der Waals surface area contributed by atoms with Crippen molar-refractivity contribution in [2.45, 2.75) is 4.34 Å². The Hall–Kier alpha value is -1.67. The van der Waals surface area contributed by atoms with E-state index >= 15 is 0 Å². The fourth-order valence-electron chi connectivity index (χ4n) is 1.19. The molecule has 0 saturated carbocycles. The van der Waals surface area contributed by atoms with E-state index in [9.17, 15) is 9.18 Å². The first-order valence-electron chi connectivity index (χ1n) is 4.89. The molecular formula is C10H9FN4OS2. The summed E-state index contributed by atoms with van der Waals surface area (Å²) < 4.78 is 13.5. The van der Waals surface area contributed by atoms with Crippen molar-refractivity contribution in [3.05, 3.63) is 29.5 Å². The first-order valence-corrected chi connectivity index (χ1v) is 6.75. The van der Waals surface area contributed by atoms with E-state index < -0.39 is 5.82 Å². The van der Waals surface area contributed by atoms with Crippen molar-refractivity contribution >= 4 is 40.4 Å². The van der Waals surface area contributed by atoms with Gasteiger partial charge in [-0.3, -0.25) is 4.79 Å². The molecule has 0 saturated heterocycles. The summed E-state index contributed by atoms with van der Waals surface area (Å²) in [5.74, 6) is -0.464. The van der Waals surface area contributed by atoms with Crippen LogP contribution in [0.5, 0.6) is 0 Å². The Kier molecular flexibility index (Phi) is 4.11. The molecule has 0 radical (unpaired) electrons. The number of halogens is 1. The molecule has 0 aliphatic heterocycles. The van der Waals surface area contributed by atoms with Gasteiger partial charge in [0.15, 0.2) is 4.34 Å². The molecule has 0 bridgehead atoms. The molecule has 0 spiro atoms. The van der Waals surface area contributed by atoms with E-state index in [0.717, 1.165) is 10.4 Å². The van der Waals surface area contributed by atoms with Gasteiger partial charge in [-0.15, -0.1) is 10.2 Å². The maximum atomic E-state index is 12.8. The highest BCUT2D eigenvalue weighted by Crippen LogP contribution is 2.21. The number of aromatic nitrogens is 2. The van der Waals surface area contributed by atoms with E-state index in [2.05, 4.69) is 15.5 Å². The number of nitrogens with two attached hydrogens (primary N) is 1. The smallest absolute Gasteiger partial charge is 0.234 e. The number of carbonyl (C=O) groups excluding carboxylic acids is 1. The summed E-state index contributed by atoms with van der Waals surface area (Å²) in [7, 11) is 0. The highest BCUT2D eigenvalue weighted by Gasteiger charge is 2.08. The largest absolute Gasteiger partial charge is 0.397 e. The first kappa shape index (κ1) is 12.8. The molecule has 8 heteroatoms. The molecule has 0 unspecified atom stereocenters. The normalized spacial score (nSPS) is 10.3. The van der Waals surface area contributed by atoms with Crippen molar-refractivity contribution in [3.8, 4) is 0 Å². The monoisotopic (exact) mass is 284 g/mol. The molecule has 1 aromatic heterocycles. The third kappa shape index (κ3) is 3.41. The molecule has 94 valence electrons. The predicted molar refractivity (Wildman–Crippen MR) is 70.1 cm³/mol. The second-order valence-corrected chi connectivity index (χ2v) is 5.33. The fourth-order valence-corrected chi connectivity index (χ4v) is 2.48. The summed E-state index contributed by atoms with van der Waals surface area (Å²) in [4.78, 5) is 11.6. The van der Waals surface area contributed by atoms with Gasteiger partial charge in [0.1, 0.15) is 11.3 Å². The van der Waals surface area contributed by atoms with Crippen LogP contribution in [0.25, 0.3) is 0 Å². The number of thioether (sulfide) groups is 1. The van der Waals surface area contributed by atoms with Crippen molar-refractivity contribution in [1.29, 1.82) is 0 Å². The number of nitrogens with zero attached hydrogens (tertiary/aromatic N) is 2. The van der Waals surface area contributed by atoms with Gasteiger partial charge in [-0.2, -0.15) is 0 Å². The zero-order valence-corrected chi connectivity index (χ0v) is 10.7. The third-order valence-corrected chi connectivity index (χ3v) is 3.81. The summed E-state index contributed by atoms with van der Waals surface area (Å²) in [6.45, 7) is 0. The Morgan fingerprint density at radius 3 is 3.06 bits per heavy atom. The molecule has 1 amide bonds. The van der Waals surface area contributed by atoms with Crippen LogP contribution < -0.4 is 11.1 Å². The Bertz CT molecular complexity index is 547.